The van der Waals surface area contributed by atoms with Gasteiger partial charge < -0.3 is 25.0 Å². The van der Waals surface area contributed by atoms with Crippen molar-refractivity contribution in [3.63, 3.8) is 0 Å². The zero-order valence-electron chi connectivity index (χ0n) is 22.1. The van der Waals surface area contributed by atoms with E-state index in [1.165, 1.54) is 0 Å². The molecule has 6 nitrogen and oxygen atoms in total. The van der Waals surface area contributed by atoms with Crippen LogP contribution in [0.2, 0.25) is 18.1 Å². The van der Waals surface area contributed by atoms with E-state index in [0.29, 0.717) is 13.0 Å². The molecule has 2 aromatic rings. The molecule has 0 bridgehead atoms. The summed E-state index contributed by atoms with van der Waals surface area (Å²) in [5.41, 5.74) is 10.1. The number of anilines is 1. The van der Waals surface area contributed by atoms with E-state index in [1.807, 2.05) is 49.4 Å². The van der Waals surface area contributed by atoms with Crippen LogP contribution in [0, 0.1) is 5.92 Å². The summed E-state index contributed by atoms with van der Waals surface area (Å²) in [6.07, 6.45) is 0.539. The Kier molecular flexibility index (Phi) is 8.02. The number of carbonyl (C=O) groups excluding carboxylic acids is 1. The third-order valence-electron chi connectivity index (χ3n) is 7.27. The van der Waals surface area contributed by atoms with Crippen molar-refractivity contribution < 1.29 is 18.7 Å². The number of esters is 1. The summed E-state index contributed by atoms with van der Waals surface area (Å²) >= 11 is 0. The van der Waals surface area contributed by atoms with Crippen molar-refractivity contribution >= 4 is 25.5 Å². The lowest BCUT2D eigenvalue weighted by molar-refractivity contribution is -0.144. The third kappa shape index (κ3) is 5.90. The molecule has 190 valence electrons. The van der Waals surface area contributed by atoms with Gasteiger partial charge in [0.25, 0.3) is 0 Å². The summed E-state index contributed by atoms with van der Waals surface area (Å²) in [6.45, 7) is 17.6. The summed E-state index contributed by atoms with van der Waals surface area (Å²) in [4.78, 5) is 13.0. The number of nitrogens with two attached hydrogens (primary N) is 1. The molecule has 0 radical (unpaired) electrons. The maximum absolute atomic E-state index is 13.0. The summed E-state index contributed by atoms with van der Waals surface area (Å²) in [6, 6.07) is 12.8. The Labute approximate surface area is 211 Å². The van der Waals surface area contributed by atoms with E-state index in [2.05, 4.69) is 45.8 Å². The molecule has 0 amide bonds. The van der Waals surface area contributed by atoms with E-state index in [9.17, 15) is 4.79 Å². The number of ether oxygens (including phenoxy) is 2. The normalized spacial score (nSPS) is 20.2. The molecule has 35 heavy (non-hydrogen) atoms. The fourth-order valence-electron chi connectivity index (χ4n) is 4.11. The van der Waals surface area contributed by atoms with Crippen LogP contribution in [0.4, 0.5) is 5.69 Å². The lowest BCUT2D eigenvalue weighted by Gasteiger charge is -2.36. The average molecular weight is 497 g/mol. The summed E-state index contributed by atoms with van der Waals surface area (Å²) in [5.74, 6) is 1.01. The van der Waals surface area contributed by atoms with Crippen molar-refractivity contribution in [3.8, 4) is 11.5 Å². The van der Waals surface area contributed by atoms with Crippen molar-refractivity contribution in [2.75, 3.05) is 19.0 Å². The maximum atomic E-state index is 13.0. The molecule has 0 spiro atoms. The van der Waals surface area contributed by atoms with Gasteiger partial charge in [-0.2, -0.15) is 0 Å². The molecule has 1 heterocycles. The van der Waals surface area contributed by atoms with Crippen molar-refractivity contribution in [3.05, 3.63) is 60.2 Å². The van der Waals surface area contributed by atoms with Crippen LogP contribution >= 0.6 is 0 Å². The lowest BCUT2D eigenvalue weighted by Crippen LogP contribution is -2.43. The Morgan fingerprint density at radius 3 is 2.34 bits per heavy atom. The fourth-order valence-corrected chi connectivity index (χ4v) is 5.14. The second kappa shape index (κ2) is 10.5. The van der Waals surface area contributed by atoms with E-state index in [1.54, 1.807) is 7.11 Å². The number of benzene rings is 2. The molecule has 1 aliphatic heterocycles. The Hall–Kier alpha value is -2.77. The van der Waals surface area contributed by atoms with Crippen LogP contribution < -0.4 is 20.2 Å². The Balaban J connectivity index is 1.90. The van der Waals surface area contributed by atoms with Crippen molar-refractivity contribution in [2.45, 2.75) is 64.3 Å². The van der Waals surface area contributed by atoms with Crippen LogP contribution in [0.5, 0.6) is 11.5 Å². The first-order valence-corrected chi connectivity index (χ1v) is 15.1. The first-order chi connectivity index (χ1) is 16.4. The van der Waals surface area contributed by atoms with Crippen molar-refractivity contribution in [1.29, 1.82) is 0 Å². The minimum Gasteiger partial charge on any atom is -0.544 e. The van der Waals surface area contributed by atoms with Gasteiger partial charge in [0, 0.05) is 17.6 Å². The molecule has 0 saturated carbocycles. The number of hydrogen-bond acceptors (Lipinski definition) is 6. The van der Waals surface area contributed by atoms with E-state index in [-0.39, 0.29) is 23.0 Å². The van der Waals surface area contributed by atoms with Gasteiger partial charge in [0.2, 0.25) is 8.32 Å². The zero-order chi connectivity index (χ0) is 26.0. The van der Waals surface area contributed by atoms with Crippen LogP contribution in [0.25, 0.3) is 5.57 Å². The minimum atomic E-state index is -1.94. The van der Waals surface area contributed by atoms with Crippen LogP contribution in [0.1, 0.15) is 51.3 Å². The smallest absolute Gasteiger partial charge is 0.329 e. The summed E-state index contributed by atoms with van der Waals surface area (Å²) in [5, 5.41) is 3.51. The molecule has 7 heteroatoms. The molecule has 0 fully saturated rings. The van der Waals surface area contributed by atoms with Crippen LogP contribution in [-0.4, -0.2) is 34.0 Å². The number of methoxy groups -OCH3 is 1. The van der Waals surface area contributed by atoms with Gasteiger partial charge in [0.1, 0.15) is 17.5 Å². The van der Waals surface area contributed by atoms with Crippen molar-refractivity contribution in [1.82, 2.24) is 0 Å². The topological polar surface area (TPSA) is 82.8 Å². The first-order valence-electron chi connectivity index (χ1n) is 12.2. The quantitative estimate of drug-likeness (QED) is 0.353. The van der Waals surface area contributed by atoms with Gasteiger partial charge in [-0.1, -0.05) is 39.5 Å². The summed E-state index contributed by atoms with van der Waals surface area (Å²) < 4.78 is 17.3. The molecule has 2 unspecified atom stereocenters. The van der Waals surface area contributed by atoms with Crippen LogP contribution in [0.15, 0.2) is 49.0 Å². The monoisotopic (exact) mass is 496 g/mol. The first kappa shape index (κ1) is 26.8. The standard InChI is InChI=1S/C28H40N2O4Si/c1-9-33-27(31)26-22(17-24(29)23-16-21(32-6)14-15-25(23)30-26)18(2)19-10-12-20(13-11-19)34-35(7,8)28(3,4)5/h10-16,22,24,26,30H,2,9,17,29H2,1,3-8H3/t22?,24-,26?/m0/s1. The van der Waals surface area contributed by atoms with E-state index < -0.39 is 14.4 Å². The average Bonchev–Trinajstić information content (AvgIpc) is 2.94. The van der Waals surface area contributed by atoms with Gasteiger partial charge in [0.05, 0.1) is 13.7 Å². The molecule has 3 atom stereocenters. The highest BCUT2D eigenvalue weighted by Crippen LogP contribution is 2.41. The highest BCUT2D eigenvalue weighted by atomic mass is 28.4. The lowest BCUT2D eigenvalue weighted by atomic mass is 9.83. The minimum absolute atomic E-state index is 0.113. The molecule has 1 aliphatic rings. The highest BCUT2D eigenvalue weighted by Gasteiger charge is 2.39. The third-order valence-corrected chi connectivity index (χ3v) is 11.6. The number of hydrogen-bond donors (Lipinski definition) is 2. The second-order valence-corrected chi connectivity index (χ2v) is 15.4. The van der Waals surface area contributed by atoms with Gasteiger partial charge >= 0.3 is 5.97 Å². The molecular formula is C28H40N2O4Si. The fraction of sp³-hybridized carbons (Fsp3) is 0.464. The molecule has 3 rings (SSSR count). The molecule has 2 aromatic carbocycles. The predicted molar refractivity (Wildman–Crippen MR) is 145 cm³/mol. The molecule has 3 N–H and O–H groups in total. The number of fused-ring (bicyclic) bond motifs is 1. The summed E-state index contributed by atoms with van der Waals surface area (Å²) in [7, 11) is -0.311. The van der Waals surface area contributed by atoms with E-state index in [4.69, 9.17) is 19.6 Å². The molecule has 0 saturated heterocycles. The Morgan fingerprint density at radius 1 is 1.14 bits per heavy atom. The number of nitrogens with one attached hydrogen (secondary N) is 1. The molecule has 0 aliphatic carbocycles. The van der Waals surface area contributed by atoms with E-state index in [0.717, 1.165) is 33.9 Å². The van der Waals surface area contributed by atoms with Gasteiger partial charge in [-0.05, 0) is 78.5 Å². The second-order valence-electron chi connectivity index (χ2n) is 10.7. The van der Waals surface area contributed by atoms with E-state index >= 15 is 0 Å². The Bertz CT molecular complexity index is 1060. The van der Waals surface area contributed by atoms with Gasteiger partial charge in [-0.15, -0.1) is 0 Å². The van der Waals surface area contributed by atoms with Gasteiger partial charge in [0.15, 0.2) is 0 Å². The molecule has 0 aromatic heterocycles. The predicted octanol–water partition coefficient (Wildman–Crippen LogP) is 6.16. The maximum Gasteiger partial charge on any atom is 0.329 e. The highest BCUT2D eigenvalue weighted by molar-refractivity contribution is 6.74. The molecular weight excluding hydrogens is 456 g/mol. The van der Waals surface area contributed by atoms with Crippen LogP contribution in [0.3, 0.4) is 0 Å². The van der Waals surface area contributed by atoms with Gasteiger partial charge in [-0.3, -0.25) is 0 Å². The van der Waals surface area contributed by atoms with Gasteiger partial charge in [-0.25, -0.2) is 4.79 Å². The van der Waals surface area contributed by atoms with Crippen LogP contribution in [-0.2, 0) is 9.53 Å². The SMILES string of the molecule is C=C(c1ccc(O[Si](C)(C)C(C)(C)C)cc1)C1C[C@H](N)c2cc(OC)ccc2NC1C(=O)OCC. The largest absolute Gasteiger partial charge is 0.544 e. The zero-order valence-corrected chi connectivity index (χ0v) is 23.1. The number of carbonyl (C=O) groups is 1. The Morgan fingerprint density at radius 2 is 1.77 bits per heavy atom. The van der Waals surface area contributed by atoms with Crippen molar-refractivity contribution in [2.24, 2.45) is 11.7 Å². The number of rotatable bonds is 7.